The van der Waals surface area contributed by atoms with E-state index in [0.29, 0.717) is 11.5 Å². The molecule has 0 aromatic carbocycles. The molecule has 0 saturated heterocycles. The molecule has 2 aromatic rings. The molecule has 78 valence electrons. The Labute approximate surface area is 93.0 Å². The zero-order chi connectivity index (χ0) is 11.0. The Balaban J connectivity index is 2.12. The van der Waals surface area contributed by atoms with Crippen LogP contribution in [0.1, 0.15) is 30.0 Å². The fourth-order valence-corrected chi connectivity index (χ4v) is 1.85. The third-order valence-corrected chi connectivity index (χ3v) is 2.85. The average Bonchev–Trinajstić information content (AvgIpc) is 3.09. The minimum Gasteiger partial charge on any atom is -0.280 e. The summed E-state index contributed by atoms with van der Waals surface area (Å²) in [5, 5.41) is 16.4. The van der Waals surface area contributed by atoms with E-state index in [1.54, 1.807) is 12.4 Å². The zero-order valence-electron chi connectivity index (χ0n) is 8.64. The van der Waals surface area contributed by atoms with Crippen LogP contribution in [0, 0.1) is 11.3 Å². The van der Waals surface area contributed by atoms with Gasteiger partial charge in [0.1, 0.15) is 17.3 Å². The smallest absolute Gasteiger partial charge is 0.110 e. The summed E-state index contributed by atoms with van der Waals surface area (Å²) in [6.45, 7) is 0. The number of nitrogens with zero attached hydrogens (tertiary/aromatic N) is 3. The second-order valence-electron chi connectivity index (χ2n) is 3.98. The highest BCUT2D eigenvalue weighted by atomic mass is 15.1. The quantitative estimate of drug-likeness (QED) is 0.826. The van der Waals surface area contributed by atoms with Gasteiger partial charge in [-0.1, -0.05) is 0 Å². The van der Waals surface area contributed by atoms with Crippen LogP contribution in [0.4, 0.5) is 0 Å². The van der Waals surface area contributed by atoms with Crippen molar-refractivity contribution in [1.82, 2.24) is 15.2 Å². The van der Waals surface area contributed by atoms with Gasteiger partial charge in [-0.3, -0.25) is 10.1 Å². The molecule has 0 amide bonds. The number of aromatic nitrogens is 3. The molecular weight excluding hydrogens is 200 g/mol. The third kappa shape index (κ3) is 1.38. The molecular formula is C12H10N4. The van der Waals surface area contributed by atoms with E-state index in [1.165, 1.54) is 0 Å². The van der Waals surface area contributed by atoms with Gasteiger partial charge in [0.15, 0.2) is 0 Å². The lowest BCUT2D eigenvalue weighted by Crippen LogP contribution is -1.85. The van der Waals surface area contributed by atoms with Crippen LogP contribution in [0.5, 0.6) is 0 Å². The maximum atomic E-state index is 9.20. The largest absolute Gasteiger partial charge is 0.280 e. The number of hydrogen-bond donors (Lipinski definition) is 1. The van der Waals surface area contributed by atoms with Gasteiger partial charge in [-0.2, -0.15) is 10.4 Å². The maximum Gasteiger partial charge on any atom is 0.110 e. The number of rotatable bonds is 2. The second-order valence-corrected chi connectivity index (χ2v) is 3.98. The summed E-state index contributed by atoms with van der Waals surface area (Å²) in [6.07, 6.45) is 5.74. The number of aromatic amines is 1. The number of hydrogen-bond acceptors (Lipinski definition) is 3. The van der Waals surface area contributed by atoms with Crippen molar-refractivity contribution >= 4 is 0 Å². The van der Waals surface area contributed by atoms with Gasteiger partial charge < -0.3 is 0 Å². The molecule has 1 saturated carbocycles. The molecule has 1 aliphatic carbocycles. The van der Waals surface area contributed by atoms with Gasteiger partial charge in [-0.25, -0.2) is 0 Å². The third-order valence-electron chi connectivity index (χ3n) is 2.85. The van der Waals surface area contributed by atoms with Gasteiger partial charge in [0.25, 0.3) is 0 Å². The van der Waals surface area contributed by atoms with Gasteiger partial charge in [0, 0.05) is 23.9 Å². The number of nitriles is 1. The van der Waals surface area contributed by atoms with Crippen molar-refractivity contribution in [1.29, 1.82) is 5.26 Å². The van der Waals surface area contributed by atoms with Gasteiger partial charge in [0.2, 0.25) is 0 Å². The van der Waals surface area contributed by atoms with Crippen molar-refractivity contribution in [2.75, 3.05) is 0 Å². The highest BCUT2D eigenvalue weighted by Crippen LogP contribution is 2.42. The van der Waals surface area contributed by atoms with Gasteiger partial charge in [-0.05, 0) is 25.0 Å². The van der Waals surface area contributed by atoms with Crippen molar-refractivity contribution in [3.8, 4) is 17.3 Å². The van der Waals surface area contributed by atoms with Crippen molar-refractivity contribution in [2.45, 2.75) is 18.8 Å². The summed E-state index contributed by atoms with van der Waals surface area (Å²) in [6, 6.07) is 5.99. The lowest BCUT2D eigenvalue weighted by atomic mass is 10.1. The molecule has 3 rings (SSSR count). The van der Waals surface area contributed by atoms with Crippen molar-refractivity contribution in [3.63, 3.8) is 0 Å². The lowest BCUT2D eigenvalue weighted by molar-refractivity contribution is 0.964. The molecule has 0 atom stereocenters. The van der Waals surface area contributed by atoms with E-state index in [9.17, 15) is 5.26 Å². The zero-order valence-corrected chi connectivity index (χ0v) is 8.64. The summed E-state index contributed by atoms with van der Waals surface area (Å²) in [5.74, 6) is 0.512. The Kier molecular flexibility index (Phi) is 1.97. The summed E-state index contributed by atoms with van der Waals surface area (Å²) in [7, 11) is 0. The van der Waals surface area contributed by atoms with E-state index in [4.69, 9.17) is 0 Å². The molecule has 0 radical (unpaired) electrons. The molecule has 4 heteroatoms. The van der Waals surface area contributed by atoms with Gasteiger partial charge >= 0.3 is 0 Å². The fraction of sp³-hybridized carbons (Fsp3) is 0.250. The topological polar surface area (TPSA) is 65.4 Å². The fourth-order valence-electron chi connectivity index (χ4n) is 1.85. The SMILES string of the molecule is N#Cc1c(-c2ccncc2)n[nH]c1C1CC1. The molecule has 1 fully saturated rings. The Bertz CT molecular complexity index is 546. The molecule has 16 heavy (non-hydrogen) atoms. The summed E-state index contributed by atoms with van der Waals surface area (Å²) in [5.41, 5.74) is 3.37. The highest BCUT2D eigenvalue weighted by molar-refractivity contribution is 5.67. The summed E-state index contributed by atoms with van der Waals surface area (Å²) in [4.78, 5) is 3.96. The first-order chi connectivity index (χ1) is 7.90. The van der Waals surface area contributed by atoms with E-state index >= 15 is 0 Å². The van der Waals surface area contributed by atoms with Crippen LogP contribution in [-0.4, -0.2) is 15.2 Å². The Morgan fingerprint density at radius 3 is 2.69 bits per heavy atom. The standard InChI is InChI=1S/C12H10N4/c13-7-10-11(8-1-2-8)15-16-12(10)9-3-5-14-6-4-9/h3-6,8H,1-2H2,(H,15,16). The first-order valence-electron chi connectivity index (χ1n) is 5.29. The summed E-state index contributed by atoms with van der Waals surface area (Å²) >= 11 is 0. The number of pyridine rings is 1. The van der Waals surface area contributed by atoms with E-state index in [-0.39, 0.29) is 0 Å². The number of H-pyrrole nitrogens is 1. The van der Waals surface area contributed by atoms with E-state index in [2.05, 4.69) is 21.3 Å². The van der Waals surface area contributed by atoms with Gasteiger partial charge in [-0.15, -0.1) is 0 Å². The lowest BCUT2D eigenvalue weighted by Gasteiger charge is -1.96. The predicted molar refractivity (Wildman–Crippen MR) is 58.5 cm³/mol. The van der Waals surface area contributed by atoms with E-state index in [0.717, 1.165) is 29.8 Å². The second kappa shape index (κ2) is 3.46. The van der Waals surface area contributed by atoms with E-state index in [1.807, 2.05) is 12.1 Å². The van der Waals surface area contributed by atoms with Crippen LogP contribution < -0.4 is 0 Å². The molecule has 0 aliphatic heterocycles. The van der Waals surface area contributed by atoms with Crippen LogP contribution in [-0.2, 0) is 0 Å². The van der Waals surface area contributed by atoms with Crippen LogP contribution in [0.25, 0.3) is 11.3 Å². The molecule has 2 heterocycles. The molecule has 1 aliphatic rings. The Morgan fingerprint density at radius 2 is 2.06 bits per heavy atom. The van der Waals surface area contributed by atoms with Crippen LogP contribution in [0.15, 0.2) is 24.5 Å². The van der Waals surface area contributed by atoms with Crippen molar-refractivity contribution < 1.29 is 0 Å². The molecule has 4 nitrogen and oxygen atoms in total. The predicted octanol–water partition coefficient (Wildman–Crippen LogP) is 2.22. The monoisotopic (exact) mass is 210 g/mol. The van der Waals surface area contributed by atoms with E-state index < -0.39 is 0 Å². The summed E-state index contributed by atoms with van der Waals surface area (Å²) < 4.78 is 0. The maximum absolute atomic E-state index is 9.20. The first kappa shape index (κ1) is 9.10. The normalized spacial score (nSPS) is 14.7. The van der Waals surface area contributed by atoms with Gasteiger partial charge in [0.05, 0.1) is 5.69 Å². The Hall–Kier alpha value is -2.15. The highest BCUT2D eigenvalue weighted by Gasteiger charge is 2.30. The van der Waals surface area contributed by atoms with Crippen molar-refractivity contribution in [3.05, 3.63) is 35.8 Å². The first-order valence-corrected chi connectivity index (χ1v) is 5.29. The van der Waals surface area contributed by atoms with Crippen molar-refractivity contribution in [2.24, 2.45) is 0 Å². The molecule has 0 unspecified atom stereocenters. The van der Waals surface area contributed by atoms with Crippen LogP contribution in [0.3, 0.4) is 0 Å². The average molecular weight is 210 g/mol. The number of nitrogens with one attached hydrogen (secondary N) is 1. The molecule has 0 spiro atoms. The molecule has 0 bridgehead atoms. The van der Waals surface area contributed by atoms with Crippen LogP contribution in [0.2, 0.25) is 0 Å². The minimum absolute atomic E-state index is 0.512. The molecule has 2 aromatic heterocycles. The Morgan fingerprint density at radius 1 is 1.31 bits per heavy atom. The minimum atomic E-state index is 0.512. The molecule has 1 N–H and O–H groups in total. The van der Waals surface area contributed by atoms with Crippen LogP contribution >= 0.6 is 0 Å².